The first-order valence-corrected chi connectivity index (χ1v) is 9.73. The van der Waals surface area contributed by atoms with E-state index in [1.807, 2.05) is 36.4 Å². The Balaban J connectivity index is -0.000000137. The van der Waals surface area contributed by atoms with E-state index in [1.165, 1.54) is 12.1 Å². The first kappa shape index (κ1) is 43.5. The molecule has 37 heavy (non-hydrogen) atoms. The number of carbonyl (C=O) groups excluding carboxylic acids is 2. The average molecular weight is 569 g/mol. The van der Waals surface area contributed by atoms with Gasteiger partial charge in [0, 0.05) is 24.0 Å². The predicted octanol–water partition coefficient (Wildman–Crippen LogP) is -2.30. The summed E-state index contributed by atoms with van der Waals surface area (Å²) in [6.07, 6.45) is 0. The van der Waals surface area contributed by atoms with Gasteiger partial charge < -0.3 is 51.9 Å². The first-order valence-electron chi connectivity index (χ1n) is 9.73. The zero-order chi connectivity index (χ0) is 23.9. The number of aromatic carboxylic acids is 2. The average Bonchev–Trinajstić information content (AvgIpc) is 2.80. The number of nitrogens with zero attached hydrogens (tertiary/aromatic N) is 2. The molecule has 0 aliphatic rings. The summed E-state index contributed by atoms with van der Waals surface area (Å²) >= 11 is 0. The third-order valence-electron chi connectivity index (χ3n) is 3.62. The van der Waals surface area contributed by atoms with E-state index in [4.69, 9.17) is 10.2 Å². The van der Waals surface area contributed by atoms with Gasteiger partial charge in [0.25, 0.3) is 0 Å². The number of rotatable bonds is 2. The number of aliphatic hydroxyl groups excluding tert-OH is 2. The molecular formula is C24H34CoN2O10+2. The smallest absolute Gasteiger partial charge is 0.543 e. The summed E-state index contributed by atoms with van der Waals surface area (Å²) in [4.78, 5) is 28.8. The van der Waals surface area contributed by atoms with Crippen LogP contribution < -0.4 is 10.2 Å². The molecule has 2 heterocycles. The summed E-state index contributed by atoms with van der Waals surface area (Å²) in [7, 11) is 0. The van der Waals surface area contributed by atoms with Crippen LogP contribution in [-0.4, -0.2) is 56.3 Å². The fourth-order valence-electron chi connectivity index (χ4n) is 2.36. The fraction of sp³-hybridized carbons (Fsp3) is 0.167. The van der Waals surface area contributed by atoms with Crippen molar-refractivity contribution in [1.29, 1.82) is 0 Å². The van der Waals surface area contributed by atoms with E-state index in [0.29, 0.717) is 11.0 Å². The number of para-hydroxylation sites is 2. The van der Waals surface area contributed by atoms with Gasteiger partial charge in [-0.05, 0) is 38.1 Å². The van der Waals surface area contributed by atoms with Crippen molar-refractivity contribution in [1.82, 2.24) is 9.97 Å². The third-order valence-corrected chi connectivity index (χ3v) is 3.62. The normalized spacial score (nSPS) is 8.11. The van der Waals surface area contributed by atoms with Crippen molar-refractivity contribution >= 4 is 33.7 Å². The van der Waals surface area contributed by atoms with Crippen molar-refractivity contribution in [2.75, 3.05) is 13.2 Å². The Labute approximate surface area is 223 Å². The largest absolute Gasteiger partial charge is 2.00 e. The van der Waals surface area contributed by atoms with Crippen LogP contribution >= 0.6 is 0 Å². The summed E-state index contributed by atoms with van der Waals surface area (Å²) in [6.45, 7) is 3.86. The standard InChI is InChI=1S/2C10H7NO2.2C2H6O.Co.4H2O/c2*12-10(13)9-6-5-7-3-1-2-4-8(7)11-9;2*1-2-3;;;;;/h2*1-6H,(H,12,13);2*3H,2H2,1H3;;4*1H2/q;;;;+2;;;;. The first-order chi connectivity index (χ1) is 15.4. The molecule has 0 saturated carbocycles. The maximum absolute atomic E-state index is 10.5. The SMILES string of the molecule is CCO.CCO.O.O.O=C([O-])c1ccc2ccccc2n1.O=C([O-])c1ccc2ccccc2n1.[Co+2].[OH3+].[OH3+]. The van der Waals surface area contributed by atoms with Gasteiger partial charge in [0.05, 0.1) is 34.4 Å². The number of fused-ring (bicyclic) bond motifs is 2. The van der Waals surface area contributed by atoms with Crippen LogP contribution in [0.1, 0.15) is 34.8 Å². The Morgan fingerprint density at radius 2 is 0.919 bits per heavy atom. The van der Waals surface area contributed by atoms with Gasteiger partial charge >= 0.3 is 16.8 Å². The number of carboxylic acid groups (broad SMARTS) is 2. The minimum absolute atomic E-state index is 0. The Hall–Kier alpha value is -3.53. The van der Waals surface area contributed by atoms with Crippen molar-refractivity contribution in [3.05, 3.63) is 84.2 Å². The number of benzene rings is 2. The third kappa shape index (κ3) is 15.2. The molecule has 0 amide bonds. The van der Waals surface area contributed by atoms with E-state index >= 15 is 0 Å². The van der Waals surface area contributed by atoms with Crippen LogP contribution in [0.25, 0.3) is 21.8 Å². The summed E-state index contributed by atoms with van der Waals surface area (Å²) in [5.74, 6) is -2.49. The summed E-state index contributed by atoms with van der Waals surface area (Å²) in [6, 6.07) is 21.0. The van der Waals surface area contributed by atoms with Gasteiger partial charge in [0.15, 0.2) is 0 Å². The van der Waals surface area contributed by atoms with Gasteiger partial charge in [-0.1, -0.05) is 48.5 Å². The Kier molecular flexibility index (Phi) is 28.4. The number of pyridine rings is 2. The molecule has 0 aliphatic carbocycles. The van der Waals surface area contributed by atoms with Crippen LogP contribution in [-0.2, 0) is 27.7 Å². The molecule has 4 rings (SSSR count). The van der Waals surface area contributed by atoms with Crippen LogP contribution in [0.3, 0.4) is 0 Å². The molecule has 0 bridgehead atoms. The van der Waals surface area contributed by atoms with Crippen molar-refractivity contribution in [3.8, 4) is 0 Å². The number of carboxylic acids is 2. The molecule has 12 nitrogen and oxygen atoms in total. The van der Waals surface area contributed by atoms with Gasteiger partial charge in [-0.3, -0.25) is 0 Å². The maximum atomic E-state index is 10.5. The number of carbonyl (C=O) groups is 2. The second-order valence-corrected chi connectivity index (χ2v) is 5.99. The van der Waals surface area contributed by atoms with Gasteiger partial charge in [-0.15, -0.1) is 0 Å². The van der Waals surface area contributed by atoms with Crippen molar-refractivity contribution in [2.24, 2.45) is 0 Å². The molecule has 12 N–H and O–H groups in total. The minimum Gasteiger partial charge on any atom is -0.543 e. The van der Waals surface area contributed by atoms with Gasteiger partial charge in [-0.2, -0.15) is 0 Å². The van der Waals surface area contributed by atoms with Crippen LogP contribution in [0.5, 0.6) is 0 Å². The zero-order valence-corrected chi connectivity index (χ0v) is 21.3. The number of hydrogen-bond acceptors (Lipinski definition) is 8. The molecular weight excluding hydrogens is 535 g/mol. The Morgan fingerprint density at radius 1 is 0.649 bits per heavy atom. The maximum Gasteiger partial charge on any atom is 2.00 e. The van der Waals surface area contributed by atoms with Gasteiger partial charge in [0.1, 0.15) is 0 Å². The molecule has 2 aromatic heterocycles. The summed E-state index contributed by atoms with van der Waals surface area (Å²) < 4.78 is 0. The monoisotopic (exact) mass is 569 g/mol. The van der Waals surface area contributed by atoms with E-state index in [2.05, 4.69) is 9.97 Å². The van der Waals surface area contributed by atoms with Crippen molar-refractivity contribution in [2.45, 2.75) is 13.8 Å². The molecule has 207 valence electrons. The van der Waals surface area contributed by atoms with Gasteiger partial charge in [-0.25, -0.2) is 9.97 Å². The van der Waals surface area contributed by atoms with Crippen LogP contribution in [0.4, 0.5) is 0 Å². The molecule has 2 aromatic carbocycles. The Bertz CT molecular complexity index is 1070. The molecule has 0 fully saturated rings. The second-order valence-electron chi connectivity index (χ2n) is 5.99. The number of aromatic nitrogens is 2. The van der Waals surface area contributed by atoms with E-state index < -0.39 is 11.9 Å². The molecule has 13 heteroatoms. The van der Waals surface area contributed by atoms with E-state index in [0.717, 1.165) is 10.8 Å². The minimum atomic E-state index is -1.24. The van der Waals surface area contributed by atoms with Crippen molar-refractivity contribution in [3.63, 3.8) is 0 Å². The van der Waals surface area contributed by atoms with E-state index in [-0.39, 0.29) is 63.3 Å². The topological polar surface area (TPSA) is 276 Å². The van der Waals surface area contributed by atoms with Crippen LogP contribution in [0.15, 0.2) is 72.8 Å². The molecule has 0 unspecified atom stereocenters. The summed E-state index contributed by atoms with van der Waals surface area (Å²) in [5, 5.41) is 37.9. The predicted molar refractivity (Wildman–Crippen MR) is 135 cm³/mol. The quantitative estimate of drug-likeness (QED) is 0.247. The van der Waals surface area contributed by atoms with Crippen LogP contribution in [0, 0.1) is 0 Å². The number of aliphatic hydroxyl groups is 2. The number of hydrogen-bond donors (Lipinski definition) is 2. The molecule has 4 aromatic rings. The van der Waals surface area contributed by atoms with Crippen molar-refractivity contribution < 1.29 is 68.7 Å². The fourth-order valence-corrected chi connectivity index (χ4v) is 2.36. The van der Waals surface area contributed by atoms with Crippen LogP contribution in [0.2, 0.25) is 0 Å². The van der Waals surface area contributed by atoms with E-state index in [1.54, 1.807) is 38.1 Å². The van der Waals surface area contributed by atoms with Gasteiger partial charge in [0.2, 0.25) is 0 Å². The molecule has 0 saturated heterocycles. The molecule has 0 atom stereocenters. The Morgan fingerprint density at radius 3 is 1.19 bits per heavy atom. The second kappa shape index (κ2) is 24.2. The summed E-state index contributed by atoms with van der Waals surface area (Å²) in [5.41, 5.74) is 1.28. The molecule has 0 aliphatic heterocycles. The van der Waals surface area contributed by atoms with E-state index in [9.17, 15) is 19.8 Å². The zero-order valence-electron chi connectivity index (χ0n) is 20.3. The molecule has 0 spiro atoms. The molecule has 1 radical (unpaired) electrons.